The molecule has 1 fully saturated rings. The van der Waals surface area contributed by atoms with Gasteiger partial charge in [0, 0.05) is 31.2 Å². The Hall–Kier alpha value is -1.91. The van der Waals surface area contributed by atoms with Crippen LogP contribution in [0.1, 0.15) is 6.92 Å². The second-order valence-corrected chi connectivity index (χ2v) is 5.87. The van der Waals surface area contributed by atoms with Crippen molar-refractivity contribution in [1.29, 1.82) is 5.26 Å². The van der Waals surface area contributed by atoms with E-state index in [-0.39, 0.29) is 5.91 Å². The Kier molecular flexibility index (Phi) is 6.13. The molecule has 1 atom stereocenters. The molecule has 1 aromatic rings. The first-order valence-electron chi connectivity index (χ1n) is 7.13. The van der Waals surface area contributed by atoms with Gasteiger partial charge in [-0.3, -0.25) is 4.79 Å². The highest BCUT2D eigenvalue weighted by molar-refractivity contribution is 7.96. The monoisotopic (exact) mass is 352 g/mol. The number of carbonyl (C=O) groups is 1. The molecule has 8 heteroatoms. The molecule has 1 amide bonds. The summed E-state index contributed by atoms with van der Waals surface area (Å²) in [5, 5.41) is 9.53. The van der Waals surface area contributed by atoms with Gasteiger partial charge in [-0.1, -0.05) is 11.6 Å². The standard InChI is InChI=1S/C15H17ClN4O2S/c1-11(22-13-4-2-12(16)3-5-13)14(21)19-6-8-20(9-7-19)15(23)18-10-17/h2-5,11H,6-9H2,1H3,(H,18,23)/t11-/m1/s1. The Morgan fingerprint density at radius 1 is 1.30 bits per heavy atom. The van der Waals surface area contributed by atoms with Crippen molar-refractivity contribution in [3.63, 3.8) is 0 Å². The molecule has 1 aliphatic heterocycles. The van der Waals surface area contributed by atoms with Crippen LogP contribution >= 0.6 is 24.2 Å². The first-order chi connectivity index (χ1) is 11.0. The van der Waals surface area contributed by atoms with Gasteiger partial charge < -0.3 is 14.5 Å². The normalized spacial score (nSPS) is 16.7. The Labute approximate surface area is 145 Å². The fraction of sp³-hybridized carbons (Fsp3) is 0.400. The van der Waals surface area contributed by atoms with Gasteiger partial charge in [0.2, 0.25) is 6.19 Å². The van der Waals surface area contributed by atoms with E-state index in [9.17, 15) is 4.79 Å². The number of amidine groups is 1. The largest absolute Gasteiger partial charge is 0.481 e. The minimum atomic E-state index is -0.578. The van der Waals surface area contributed by atoms with Crippen LogP contribution in [0.5, 0.6) is 5.75 Å². The number of amides is 1. The maximum absolute atomic E-state index is 12.4. The van der Waals surface area contributed by atoms with Gasteiger partial charge in [0.15, 0.2) is 11.3 Å². The molecule has 6 nitrogen and oxygen atoms in total. The van der Waals surface area contributed by atoms with Gasteiger partial charge in [-0.25, -0.2) is 0 Å². The highest BCUT2D eigenvalue weighted by Crippen LogP contribution is 2.17. The number of rotatable bonds is 3. The van der Waals surface area contributed by atoms with E-state index in [1.165, 1.54) is 0 Å². The molecular weight excluding hydrogens is 336 g/mol. The Balaban J connectivity index is 1.88. The summed E-state index contributed by atoms with van der Waals surface area (Å²) in [5.41, 5.74) is 0. The molecule has 0 saturated carbocycles. The summed E-state index contributed by atoms with van der Waals surface area (Å²) in [6, 6.07) is 6.90. The van der Waals surface area contributed by atoms with E-state index in [2.05, 4.69) is 17.6 Å². The first kappa shape index (κ1) is 17.4. The maximum atomic E-state index is 12.4. The Morgan fingerprint density at radius 3 is 2.43 bits per heavy atom. The minimum absolute atomic E-state index is 0.0717. The molecule has 1 aromatic carbocycles. The average molecular weight is 353 g/mol. The summed E-state index contributed by atoms with van der Waals surface area (Å²) in [6.45, 7) is 3.98. The zero-order valence-electron chi connectivity index (χ0n) is 12.6. The highest BCUT2D eigenvalue weighted by Gasteiger charge is 2.26. The van der Waals surface area contributed by atoms with E-state index in [1.807, 2.05) is 4.90 Å². The van der Waals surface area contributed by atoms with Crippen molar-refractivity contribution in [3.05, 3.63) is 29.3 Å². The van der Waals surface area contributed by atoms with Gasteiger partial charge in [-0.05, 0) is 31.2 Å². The zero-order chi connectivity index (χ0) is 16.8. The summed E-state index contributed by atoms with van der Waals surface area (Å²) in [7, 11) is 0. The molecule has 0 aromatic heterocycles. The zero-order valence-corrected chi connectivity index (χ0v) is 14.3. The van der Waals surface area contributed by atoms with Crippen LogP contribution in [0, 0.1) is 11.5 Å². The predicted octanol–water partition coefficient (Wildman–Crippen LogP) is 2.02. The Morgan fingerprint density at radius 2 is 1.87 bits per heavy atom. The number of halogens is 1. The van der Waals surface area contributed by atoms with Crippen LogP contribution < -0.4 is 4.74 Å². The average Bonchev–Trinajstić information content (AvgIpc) is 2.56. The summed E-state index contributed by atoms with van der Waals surface area (Å²) in [6.07, 6.45) is 1.13. The fourth-order valence-corrected chi connectivity index (χ4v) is 2.64. The Bertz CT molecular complexity index is 621. The van der Waals surface area contributed by atoms with Crippen molar-refractivity contribution in [1.82, 2.24) is 9.80 Å². The van der Waals surface area contributed by atoms with Crippen LogP contribution in [-0.2, 0) is 4.79 Å². The minimum Gasteiger partial charge on any atom is -0.481 e. The fourth-order valence-electron chi connectivity index (χ4n) is 2.27. The molecule has 2 rings (SSSR count). The molecule has 1 aliphatic rings. The van der Waals surface area contributed by atoms with Crippen molar-refractivity contribution < 1.29 is 9.53 Å². The predicted molar refractivity (Wildman–Crippen MR) is 91.7 cm³/mol. The van der Waals surface area contributed by atoms with Gasteiger partial charge in [0.1, 0.15) is 5.75 Å². The second-order valence-electron chi connectivity index (χ2n) is 5.04. The number of thiol groups is 1. The first-order valence-corrected chi connectivity index (χ1v) is 7.95. The molecule has 23 heavy (non-hydrogen) atoms. The smallest absolute Gasteiger partial charge is 0.263 e. The number of nitrogens with zero attached hydrogens (tertiary/aromatic N) is 4. The van der Waals surface area contributed by atoms with E-state index < -0.39 is 6.10 Å². The lowest BCUT2D eigenvalue weighted by Crippen LogP contribution is -2.52. The number of hydrogen-bond donors (Lipinski definition) is 1. The number of carbonyl (C=O) groups excluding carboxylic acids is 1. The second kappa shape index (κ2) is 8.09. The number of piperazine rings is 1. The molecule has 0 unspecified atom stereocenters. The van der Waals surface area contributed by atoms with Crippen LogP contribution in [0.2, 0.25) is 5.02 Å². The summed E-state index contributed by atoms with van der Waals surface area (Å²) >= 11 is 9.99. The van der Waals surface area contributed by atoms with E-state index in [0.717, 1.165) is 0 Å². The van der Waals surface area contributed by atoms with E-state index in [1.54, 1.807) is 42.3 Å². The summed E-state index contributed by atoms with van der Waals surface area (Å²) in [5.74, 6) is 0.533. The van der Waals surface area contributed by atoms with Gasteiger partial charge in [-0.2, -0.15) is 5.26 Å². The van der Waals surface area contributed by atoms with Gasteiger partial charge in [0.05, 0.1) is 0 Å². The van der Waals surface area contributed by atoms with Crippen LogP contribution in [0.3, 0.4) is 0 Å². The van der Waals surface area contributed by atoms with Crippen molar-refractivity contribution in [3.8, 4) is 11.9 Å². The van der Waals surface area contributed by atoms with Crippen LogP contribution in [0.25, 0.3) is 0 Å². The van der Waals surface area contributed by atoms with Crippen molar-refractivity contribution in [2.45, 2.75) is 13.0 Å². The molecule has 0 bridgehead atoms. The molecule has 1 heterocycles. The molecule has 122 valence electrons. The lowest BCUT2D eigenvalue weighted by atomic mass is 10.2. The quantitative estimate of drug-likeness (QED) is 0.391. The van der Waals surface area contributed by atoms with Crippen molar-refractivity contribution in [2.75, 3.05) is 26.2 Å². The SMILES string of the molecule is C[C@@H](Oc1ccc(Cl)cc1)C(=O)N1CCN(/C(S)=N/C#N)CC1. The summed E-state index contributed by atoms with van der Waals surface area (Å²) in [4.78, 5) is 19.6. The van der Waals surface area contributed by atoms with Crippen LogP contribution in [0.15, 0.2) is 29.3 Å². The van der Waals surface area contributed by atoms with Crippen molar-refractivity contribution in [2.24, 2.45) is 4.99 Å². The molecule has 0 aliphatic carbocycles. The van der Waals surface area contributed by atoms with Gasteiger partial charge >= 0.3 is 0 Å². The van der Waals surface area contributed by atoms with E-state index in [4.69, 9.17) is 21.6 Å². The molecule has 0 radical (unpaired) electrons. The van der Waals surface area contributed by atoms with E-state index in [0.29, 0.717) is 42.1 Å². The van der Waals surface area contributed by atoms with Gasteiger partial charge in [-0.15, -0.1) is 17.6 Å². The van der Waals surface area contributed by atoms with Gasteiger partial charge in [0.25, 0.3) is 5.91 Å². The van der Waals surface area contributed by atoms with E-state index >= 15 is 0 Å². The molecule has 1 saturated heterocycles. The number of aliphatic imine (C=N–C) groups is 1. The lowest BCUT2D eigenvalue weighted by molar-refractivity contribution is -0.139. The number of benzene rings is 1. The topological polar surface area (TPSA) is 68.9 Å². The molecule has 0 spiro atoms. The maximum Gasteiger partial charge on any atom is 0.263 e. The highest BCUT2D eigenvalue weighted by atomic mass is 35.5. The third kappa shape index (κ3) is 4.78. The van der Waals surface area contributed by atoms with Crippen LogP contribution in [-0.4, -0.2) is 53.2 Å². The lowest BCUT2D eigenvalue weighted by Gasteiger charge is -2.36. The summed E-state index contributed by atoms with van der Waals surface area (Å²) < 4.78 is 5.65. The molecular formula is C15H17ClN4O2S. The van der Waals surface area contributed by atoms with Crippen molar-refractivity contribution >= 4 is 35.3 Å². The van der Waals surface area contributed by atoms with Crippen LogP contribution in [0.4, 0.5) is 0 Å². The third-order valence-electron chi connectivity index (χ3n) is 3.50. The third-order valence-corrected chi connectivity index (χ3v) is 4.13. The number of hydrogen-bond acceptors (Lipinski definition) is 4. The number of nitriles is 1. The number of ether oxygens (including phenoxy) is 1. The molecule has 0 N–H and O–H groups in total.